The maximum atomic E-state index is 5.18. The standard InChI is InChI=1S/C9H21NO/c1-3-5-6-7-10-8-9-11-4-2/h10H,3-9H2,1-2H3. The summed E-state index contributed by atoms with van der Waals surface area (Å²) >= 11 is 0. The highest BCUT2D eigenvalue weighted by Crippen LogP contribution is 1.90. The first-order chi connectivity index (χ1) is 5.41. The molecule has 0 spiro atoms. The zero-order valence-corrected chi connectivity index (χ0v) is 7.86. The maximum absolute atomic E-state index is 5.18. The van der Waals surface area contributed by atoms with Gasteiger partial charge in [-0.1, -0.05) is 19.8 Å². The molecule has 0 aromatic carbocycles. The summed E-state index contributed by atoms with van der Waals surface area (Å²) in [6.45, 7) is 8.06. The topological polar surface area (TPSA) is 21.3 Å². The molecular formula is C9H21NO. The Labute approximate surface area is 70.3 Å². The molecule has 68 valence electrons. The summed E-state index contributed by atoms with van der Waals surface area (Å²) in [5, 5.41) is 3.33. The van der Waals surface area contributed by atoms with Crippen LogP contribution < -0.4 is 5.32 Å². The lowest BCUT2D eigenvalue weighted by Crippen LogP contribution is -2.20. The quantitative estimate of drug-likeness (QED) is 0.545. The number of unbranched alkanes of at least 4 members (excludes halogenated alkanes) is 2. The molecule has 0 aromatic rings. The van der Waals surface area contributed by atoms with Gasteiger partial charge in [0.25, 0.3) is 0 Å². The number of rotatable bonds is 8. The summed E-state index contributed by atoms with van der Waals surface area (Å²) in [7, 11) is 0. The van der Waals surface area contributed by atoms with E-state index in [9.17, 15) is 0 Å². The Bertz CT molecular complexity index is 58.6. The van der Waals surface area contributed by atoms with Crippen LogP contribution in [-0.4, -0.2) is 26.3 Å². The van der Waals surface area contributed by atoms with E-state index in [0.29, 0.717) is 0 Å². The molecule has 0 bridgehead atoms. The predicted octanol–water partition coefficient (Wildman–Crippen LogP) is 1.80. The van der Waals surface area contributed by atoms with Gasteiger partial charge in [-0.2, -0.15) is 0 Å². The second-order valence-electron chi connectivity index (χ2n) is 2.65. The summed E-state index contributed by atoms with van der Waals surface area (Å²) in [5.41, 5.74) is 0. The van der Waals surface area contributed by atoms with Crippen LogP contribution >= 0.6 is 0 Å². The van der Waals surface area contributed by atoms with Gasteiger partial charge < -0.3 is 10.1 Å². The Hall–Kier alpha value is -0.0800. The molecule has 0 aliphatic rings. The molecule has 0 aliphatic heterocycles. The van der Waals surface area contributed by atoms with Gasteiger partial charge in [0.15, 0.2) is 0 Å². The fourth-order valence-electron chi connectivity index (χ4n) is 0.914. The van der Waals surface area contributed by atoms with Crippen LogP contribution in [0.25, 0.3) is 0 Å². The van der Waals surface area contributed by atoms with Gasteiger partial charge in [-0.15, -0.1) is 0 Å². The average molecular weight is 159 g/mol. The van der Waals surface area contributed by atoms with Crippen molar-refractivity contribution >= 4 is 0 Å². The summed E-state index contributed by atoms with van der Waals surface area (Å²) in [6, 6.07) is 0. The SMILES string of the molecule is CCCCCNCCOCC. The fourth-order valence-corrected chi connectivity index (χ4v) is 0.914. The van der Waals surface area contributed by atoms with Gasteiger partial charge in [-0.25, -0.2) is 0 Å². The first-order valence-electron chi connectivity index (χ1n) is 4.70. The normalized spacial score (nSPS) is 10.4. The third kappa shape index (κ3) is 9.92. The molecule has 0 amide bonds. The molecule has 2 nitrogen and oxygen atoms in total. The summed E-state index contributed by atoms with van der Waals surface area (Å²) in [5.74, 6) is 0. The highest BCUT2D eigenvalue weighted by atomic mass is 16.5. The molecule has 0 saturated heterocycles. The van der Waals surface area contributed by atoms with E-state index < -0.39 is 0 Å². The van der Waals surface area contributed by atoms with Crippen LogP contribution in [0.4, 0.5) is 0 Å². The minimum Gasteiger partial charge on any atom is -0.380 e. The zero-order valence-electron chi connectivity index (χ0n) is 7.86. The van der Waals surface area contributed by atoms with E-state index in [4.69, 9.17) is 4.74 Å². The Balaban J connectivity index is 2.69. The van der Waals surface area contributed by atoms with Crippen molar-refractivity contribution in [3.05, 3.63) is 0 Å². The van der Waals surface area contributed by atoms with E-state index in [1.165, 1.54) is 19.3 Å². The van der Waals surface area contributed by atoms with Gasteiger partial charge >= 0.3 is 0 Å². The molecule has 0 aliphatic carbocycles. The molecule has 0 heterocycles. The minimum atomic E-state index is 0.830. The Kier molecular flexibility index (Phi) is 9.85. The van der Waals surface area contributed by atoms with Gasteiger partial charge in [0.05, 0.1) is 6.61 Å². The van der Waals surface area contributed by atoms with E-state index in [1.807, 2.05) is 6.92 Å². The van der Waals surface area contributed by atoms with Crippen molar-refractivity contribution in [1.82, 2.24) is 5.32 Å². The van der Waals surface area contributed by atoms with Crippen molar-refractivity contribution in [3.8, 4) is 0 Å². The third-order valence-electron chi connectivity index (χ3n) is 1.58. The van der Waals surface area contributed by atoms with Crippen LogP contribution in [0, 0.1) is 0 Å². The van der Waals surface area contributed by atoms with Crippen LogP contribution in [0.5, 0.6) is 0 Å². The summed E-state index contributed by atoms with van der Waals surface area (Å²) < 4.78 is 5.18. The zero-order chi connectivity index (χ0) is 8.36. The number of nitrogens with one attached hydrogen (secondary N) is 1. The van der Waals surface area contributed by atoms with E-state index >= 15 is 0 Å². The van der Waals surface area contributed by atoms with Crippen molar-refractivity contribution in [3.63, 3.8) is 0 Å². The van der Waals surface area contributed by atoms with Gasteiger partial charge in [-0.05, 0) is 19.9 Å². The molecule has 0 aromatic heterocycles. The molecule has 0 saturated carbocycles. The predicted molar refractivity (Wildman–Crippen MR) is 48.9 cm³/mol. The van der Waals surface area contributed by atoms with Crippen LogP contribution in [0.15, 0.2) is 0 Å². The Morgan fingerprint density at radius 3 is 2.55 bits per heavy atom. The maximum Gasteiger partial charge on any atom is 0.0590 e. The van der Waals surface area contributed by atoms with Crippen molar-refractivity contribution < 1.29 is 4.74 Å². The fraction of sp³-hybridized carbons (Fsp3) is 1.00. The smallest absolute Gasteiger partial charge is 0.0590 e. The lowest BCUT2D eigenvalue weighted by atomic mass is 10.2. The lowest BCUT2D eigenvalue weighted by molar-refractivity contribution is 0.149. The van der Waals surface area contributed by atoms with E-state index in [0.717, 1.165) is 26.3 Å². The Morgan fingerprint density at radius 2 is 1.91 bits per heavy atom. The van der Waals surface area contributed by atoms with E-state index in [2.05, 4.69) is 12.2 Å². The highest BCUT2D eigenvalue weighted by Gasteiger charge is 1.86. The van der Waals surface area contributed by atoms with E-state index in [1.54, 1.807) is 0 Å². The van der Waals surface area contributed by atoms with Crippen LogP contribution in [-0.2, 0) is 4.74 Å². The largest absolute Gasteiger partial charge is 0.380 e. The molecule has 1 N–H and O–H groups in total. The average Bonchev–Trinajstić information content (AvgIpc) is 2.03. The van der Waals surface area contributed by atoms with Crippen molar-refractivity contribution in [2.24, 2.45) is 0 Å². The summed E-state index contributed by atoms with van der Waals surface area (Å²) in [4.78, 5) is 0. The van der Waals surface area contributed by atoms with Crippen molar-refractivity contribution in [1.29, 1.82) is 0 Å². The van der Waals surface area contributed by atoms with E-state index in [-0.39, 0.29) is 0 Å². The van der Waals surface area contributed by atoms with Crippen LogP contribution in [0.3, 0.4) is 0 Å². The molecule has 0 fully saturated rings. The number of hydrogen-bond acceptors (Lipinski definition) is 2. The molecule has 2 heteroatoms. The molecule has 0 rings (SSSR count). The molecule has 11 heavy (non-hydrogen) atoms. The molecule has 0 radical (unpaired) electrons. The monoisotopic (exact) mass is 159 g/mol. The van der Waals surface area contributed by atoms with Gasteiger partial charge in [-0.3, -0.25) is 0 Å². The summed E-state index contributed by atoms with van der Waals surface area (Å²) in [6.07, 6.45) is 3.93. The molecular weight excluding hydrogens is 138 g/mol. The van der Waals surface area contributed by atoms with Gasteiger partial charge in [0, 0.05) is 13.2 Å². The number of hydrogen-bond donors (Lipinski definition) is 1. The molecule has 0 atom stereocenters. The van der Waals surface area contributed by atoms with Gasteiger partial charge in [0.1, 0.15) is 0 Å². The van der Waals surface area contributed by atoms with Crippen LogP contribution in [0.1, 0.15) is 33.1 Å². The third-order valence-corrected chi connectivity index (χ3v) is 1.58. The second kappa shape index (κ2) is 9.92. The highest BCUT2D eigenvalue weighted by molar-refractivity contribution is 4.46. The van der Waals surface area contributed by atoms with Crippen LogP contribution in [0.2, 0.25) is 0 Å². The molecule has 0 unspecified atom stereocenters. The second-order valence-corrected chi connectivity index (χ2v) is 2.65. The first-order valence-corrected chi connectivity index (χ1v) is 4.70. The van der Waals surface area contributed by atoms with Crippen molar-refractivity contribution in [2.75, 3.05) is 26.3 Å². The Morgan fingerprint density at radius 1 is 1.09 bits per heavy atom. The number of ether oxygens (including phenoxy) is 1. The lowest BCUT2D eigenvalue weighted by Gasteiger charge is -2.03. The first kappa shape index (κ1) is 10.9. The van der Waals surface area contributed by atoms with Crippen molar-refractivity contribution in [2.45, 2.75) is 33.1 Å². The minimum absolute atomic E-state index is 0.830. The van der Waals surface area contributed by atoms with Gasteiger partial charge in [0.2, 0.25) is 0 Å².